The zero-order valence-electron chi connectivity index (χ0n) is 9.61. The summed E-state index contributed by atoms with van der Waals surface area (Å²) >= 11 is 11.4. The number of aromatic nitrogens is 2. The third-order valence-electron chi connectivity index (χ3n) is 2.95. The molecular weight excluding hydrogens is 279 g/mol. The Bertz CT molecular complexity index is 465. The van der Waals surface area contributed by atoms with E-state index in [9.17, 15) is 4.79 Å². The quantitative estimate of drug-likeness (QED) is 0.628. The van der Waals surface area contributed by atoms with Gasteiger partial charge in [0, 0.05) is 12.1 Å². The Morgan fingerprint density at radius 1 is 1.61 bits per heavy atom. The second-order valence-corrected chi connectivity index (χ2v) is 5.06. The molecule has 0 radical (unpaired) electrons. The van der Waals surface area contributed by atoms with Gasteiger partial charge in [-0.2, -0.15) is 0 Å². The minimum absolute atomic E-state index is 0.0325. The van der Waals surface area contributed by atoms with Gasteiger partial charge in [-0.05, 0) is 18.5 Å². The number of carbonyl (C=O) groups excluding carboxylic acids is 1. The average Bonchev–Trinajstić information content (AvgIpc) is 2.59. The fraction of sp³-hybridized carbons (Fsp3) is 0.500. The van der Waals surface area contributed by atoms with Crippen molar-refractivity contribution < 1.29 is 9.53 Å². The van der Waals surface area contributed by atoms with Crippen molar-refractivity contribution in [2.75, 3.05) is 18.5 Å². The lowest BCUT2D eigenvalue weighted by Crippen LogP contribution is -2.47. The number of anilines is 1. The normalized spacial score (nSPS) is 27.2. The van der Waals surface area contributed by atoms with Crippen LogP contribution in [0.1, 0.15) is 6.92 Å². The third kappa shape index (κ3) is 2.56. The topological polar surface area (TPSA) is 90.1 Å². The van der Waals surface area contributed by atoms with Crippen LogP contribution in [0.15, 0.2) is 6.07 Å². The molecule has 0 aromatic carbocycles. The third-order valence-corrected chi connectivity index (χ3v) is 3.31. The number of halogens is 2. The van der Waals surface area contributed by atoms with E-state index in [4.69, 9.17) is 33.7 Å². The summed E-state index contributed by atoms with van der Waals surface area (Å²) in [5.74, 6) is -0.0383. The van der Waals surface area contributed by atoms with Gasteiger partial charge in [0.15, 0.2) is 0 Å². The van der Waals surface area contributed by atoms with E-state index in [0.717, 1.165) is 0 Å². The van der Waals surface area contributed by atoms with Crippen LogP contribution in [0.25, 0.3) is 0 Å². The lowest BCUT2D eigenvalue weighted by molar-refractivity contribution is -0.125. The zero-order valence-corrected chi connectivity index (χ0v) is 11.1. The Morgan fingerprint density at radius 2 is 2.33 bits per heavy atom. The molecule has 8 heteroatoms. The number of ether oxygens (including phenoxy) is 1. The first-order valence-corrected chi connectivity index (χ1v) is 6.02. The van der Waals surface area contributed by atoms with Crippen LogP contribution in [0, 0.1) is 5.41 Å². The highest BCUT2D eigenvalue weighted by Crippen LogP contribution is 2.28. The van der Waals surface area contributed by atoms with E-state index in [1.165, 1.54) is 6.07 Å². The summed E-state index contributed by atoms with van der Waals surface area (Å²) in [6.45, 7) is 2.37. The summed E-state index contributed by atoms with van der Waals surface area (Å²) in [6, 6.07) is 1.06. The summed E-state index contributed by atoms with van der Waals surface area (Å²) in [4.78, 5) is 19.7. The van der Waals surface area contributed by atoms with Gasteiger partial charge in [0.1, 0.15) is 11.0 Å². The van der Waals surface area contributed by atoms with Gasteiger partial charge >= 0.3 is 0 Å². The van der Waals surface area contributed by atoms with Gasteiger partial charge in [0.05, 0.1) is 18.6 Å². The van der Waals surface area contributed by atoms with Crippen LogP contribution in [0.4, 0.5) is 5.82 Å². The largest absolute Gasteiger partial charge is 0.379 e. The molecule has 1 amide bonds. The van der Waals surface area contributed by atoms with E-state index in [2.05, 4.69) is 15.3 Å². The Balaban J connectivity index is 2.16. The van der Waals surface area contributed by atoms with E-state index in [1.807, 2.05) is 0 Å². The van der Waals surface area contributed by atoms with Crippen LogP contribution in [0.5, 0.6) is 0 Å². The van der Waals surface area contributed by atoms with Gasteiger partial charge in [-0.15, -0.1) is 0 Å². The number of nitrogens with two attached hydrogens (primary N) is 1. The predicted octanol–water partition coefficient (Wildman–Crippen LogP) is 1.09. The first kappa shape index (κ1) is 13.5. The van der Waals surface area contributed by atoms with Crippen LogP contribution < -0.4 is 11.1 Å². The highest BCUT2D eigenvalue weighted by atomic mass is 35.5. The Labute approximate surface area is 114 Å². The maximum Gasteiger partial charge on any atom is 0.235 e. The number of amides is 1. The molecule has 0 saturated carbocycles. The number of nitrogens with one attached hydrogen (secondary N) is 1. The molecule has 1 saturated heterocycles. The van der Waals surface area contributed by atoms with E-state index >= 15 is 0 Å². The first-order valence-electron chi connectivity index (χ1n) is 5.27. The van der Waals surface area contributed by atoms with Crippen LogP contribution >= 0.6 is 23.2 Å². The van der Waals surface area contributed by atoms with Crippen molar-refractivity contribution >= 4 is 34.9 Å². The standard InChI is InChI=1S/C10H12Cl2N4O2/c1-10(4-18-3-5(10)13)8(17)15-7-2-6(11)14-9(12)16-7/h2,5H,3-4,13H2,1H3,(H,14,15,16,17). The molecule has 6 nitrogen and oxygen atoms in total. The lowest BCUT2D eigenvalue weighted by atomic mass is 9.85. The molecule has 1 aliphatic rings. The van der Waals surface area contributed by atoms with Gasteiger partial charge in [-0.1, -0.05) is 11.6 Å². The molecule has 1 aliphatic heterocycles. The summed E-state index contributed by atoms with van der Waals surface area (Å²) in [5, 5.41) is 2.74. The van der Waals surface area contributed by atoms with E-state index in [-0.39, 0.29) is 34.8 Å². The molecular formula is C10H12Cl2N4O2. The minimum atomic E-state index is -0.788. The summed E-state index contributed by atoms with van der Waals surface area (Å²) in [7, 11) is 0. The van der Waals surface area contributed by atoms with Crippen LogP contribution in [0.3, 0.4) is 0 Å². The molecule has 3 N–H and O–H groups in total. The van der Waals surface area contributed by atoms with Crippen LogP contribution in [-0.2, 0) is 9.53 Å². The summed E-state index contributed by atoms with van der Waals surface area (Å²) in [5.41, 5.74) is 5.07. The number of carbonyl (C=O) groups is 1. The fourth-order valence-corrected chi connectivity index (χ4v) is 2.04. The minimum Gasteiger partial charge on any atom is -0.379 e. The first-order chi connectivity index (χ1) is 8.41. The number of rotatable bonds is 2. The molecule has 2 rings (SSSR count). The molecule has 1 aromatic rings. The van der Waals surface area contributed by atoms with Crippen molar-refractivity contribution in [1.82, 2.24) is 9.97 Å². The number of hydrogen-bond acceptors (Lipinski definition) is 5. The second kappa shape index (κ2) is 4.97. The Morgan fingerprint density at radius 3 is 2.89 bits per heavy atom. The van der Waals surface area contributed by atoms with Gasteiger partial charge < -0.3 is 15.8 Å². The Kier molecular flexibility index (Phi) is 3.72. The van der Waals surface area contributed by atoms with Gasteiger partial charge in [0.2, 0.25) is 11.2 Å². The predicted molar refractivity (Wildman–Crippen MR) is 67.6 cm³/mol. The maximum atomic E-state index is 12.2. The highest BCUT2D eigenvalue weighted by Gasteiger charge is 2.44. The van der Waals surface area contributed by atoms with Crippen molar-refractivity contribution in [3.8, 4) is 0 Å². The smallest absolute Gasteiger partial charge is 0.235 e. The summed E-state index contributed by atoms with van der Waals surface area (Å²) in [6.07, 6.45) is 0. The monoisotopic (exact) mass is 290 g/mol. The van der Waals surface area contributed by atoms with Crippen molar-refractivity contribution in [1.29, 1.82) is 0 Å². The highest BCUT2D eigenvalue weighted by molar-refractivity contribution is 6.32. The molecule has 1 fully saturated rings. The van der Waals surface area contributed by atoms with Crippen LogP contribution in [0.2, 0.25) is 10.4 Å². The molecule has 1 aromatic heterocycles. The molecule has 0 aliphatic carbocycles. The molecule has 0 bridgehead atoms. The SMILES string of the molecule is CC1(C(=O)Nc2cc(Cl)nc(Cl)n2)COCC1N. The molecule has 0 spiro atoms. The van der Waals surface area contributed by atoms with Crippen LogP contribution in [-0.4, -0.2) is 35.1 Å². The molecule has 2 unspecified atom stereocenters. The fourth-order valence-electron chi connectivity index (χ4n) is 1.64. The van der Waals surface area contributed by atoms with Crippen molar-refractivity contribution in [2.24, 2.45) is 11.1 Å². The van der Waals surface area contributed by atoms with Crippen molar-refractivity contribution in [3.63, 3.8) is 0 Å². The second-order valence-electron chi connectivity index (χ2n) is 4.34. The summed E-state index contributed by atoms with van der Waals surface area (Å²) < 4.78 is 5.21. The van der Waals surface area contributed by atoms with Gasteiger partial charge in [-0.3, -0.25) is 4.79 Å². The number of nitrogens with zero attached hydrogens (tertiary/aromatic N) is 2. The molecule has 2 atom stereocenters. The molecule has 18 heavy (non-hydrogen) atoms. The lowest BCUT2D eigenvalue weighted by Gasteiger charge is -2.25. The van der Waals surface area contributed by atoms with E-state index < -0.39 is 5.41 Å². The van der Waals surface area contributed by atoms with Crippen molar-refractivity contribution in [3.05, 3.63) is 16.5 Å². The average molecular weight is 291 g/mol. The van der Waals surface area contributed by atoms with Crippen molar-refractivity contribution in [2.45, 2.75) is 13.0 Å². The van der Waals surface area contributed by atoms with Gasteiger partial charge in [0.25, 0.3) is 0 Å². The van der Waals surface area contributed by atoms with E-state index in [0.29, 0.717) is 6.61 Å². The maximum absolute atomic E-state index is 12.2. The van der Waals surface area contributed by atoms with Gasteiger partial charge in [-0.25, -0.2) is 9.97 Å². The molecule has 98 valence electrons. The Hall–Kier alpha value is -0.950. The number of hydrogen-bond donors (Lipinski definition) is 2. The van der Waals surface area contributed by atoms with E-state index in [1.54, 1.807) is 6.92 Å². The molecule has 2 heterocycles. The zero-order chi connectivity index (χ0) is 13.3.